The molecule has 0 aliphatic carbocycles. The van der Waals surface area contributed by atoms with Gasteiger partial charge in [-0.25, -0.2) is 9.59 Å². The van der Waals surface area contributed by atoms with Crippen molar-refractivity contribution in [3.05, 3.63) is 84.6 Å². The fourth-order valence-electron chi connectivity index (χ4n) is 6.40. The zero-order chi connectivity index (χ0) is 37.6. The molecule has 284 valence electrons. The van der Waals surface area contributed by atoms with Crippen molar-refractivity contribution in [1.29, 1.82) is 0 Å². The molecule has 0 amide bonds. The first-order chi connectivity index (χ1) is 24.2. The summed E-state index contributed by atoms with van der Waals surface area (Å²) in [6.07, 6.45) is 18.4. The van der Waals surface area contributed by atoms with Gasteiger partial charge in [-0.3, -0.25) is 0 Å². The minimum atomic E-state index is -1.40. The molecule has 2 unspecified atom stereocenters. The zero-order valence-electron chi connectivity index (χ0n) is 30.9. The van der Waals surface area contributed by atoms with E-state index >= 15 is 0 Å². The molecule has 2 fully saturated rings. The van der Waals surface area contributed by atoms with Crippen LogP contribution in [0.5, 0.6) is 0 Å². The topological polar surface area (TPSA) is 152 Å². The van der Waals surface area contributed by atoms with Crippen molar-refractivity contribution < 1.29 is 49.0 Å². The average molecular weight is 713 g/mol. The Labute approximate surface area is 303 Å². The van der Waals surface area contributed by atoms with Gasteiger partial charge in [0.1, 0.15) is 12.7 Å². The number of fused-ring (bicyclic) bond motifs is 4. The van der Waals surface area contributed by atoms with Gasteiger partial charge in [0.15, 0.2) is 6.10 Å². The Morgan fingerprint density at radius 2 is 1.86 bits per heavy atom. The van der Waals surface area contributed by atoms with E-state index in [1.165, 1.54) is 6.08 Å². The van der Waals surface area contributed by atoms with E-state index in [0.717, 1.165) is 5.57 Å². The number of hydrogen-bond donors (Lipinski definition) is 4. The molecule has 10 heteroatoms. The number of rotatable bonds is 11. The van der Waals surface area contributed by atoms with Crippen LogP contribution in [0.25, 0.3) is 0 Å². The molecule has 3 aliphatic heterocycles. The summed E-state index contributed by atoms with van der Waals surface area (Å²) in [5, 5.41) is 41.7. The second kappa shape index (κ2) is 20.8. The molecule has 0 spiro atoms. The van der Waals surface area contributed by atoms with Gasteiger partial charge in [-0.15, -0.1) is 0 Å². The molecular weight excluding hydrogens is 652 g/mol. The molecule has 0 aromatic carbocycles. The average Bonchev–Trinajstić information content (AvgIpc) is 3.07. The molecule has 4 bridgehead atoms. The molecule has 3 heterocycles. The van der Waals surface area contributed by atoms with Crippen molar-refractivity contribution in [1.82, 2.24) is 0 Å². The second-order valence-electron chi connectivity index (χ2n) is 14.7. The van der Waals surface area contributed by atoms with Gasteiger partial charge in [-0.2, -0.15) is 0 Å². The van der Waals surface area contributed by atoms with Crippen molar-refractivity contribution in [2.75, 3.05) is 13.2 Å². The number of carbonyl (C=O) groups excluding carboxylic acids is 2. The molecule has 0 saturated carbocycles. The monoisotopic (exact) mass is 712 g/mol. The molecule has 10 atom stereocenters. The van der Waals surface area contributed by atoms with Gasteiger partial charge in [-0.05, 0) is 44.1 Å². The Kier molecular flexibility index (Phi) is 17.2. The summed E-state index contributed by atoms with van der Waals surface area (Å²) in [5.41, 5.74) is 0.477. The van der Waals surface area contributed by atoms with Crippen molar-refractivity contribution in [3.63, 3.8) is 0 Å². The molecular formula is C41H60O10. The first kappa shape index (κ1) is 42.3. The van der Waals surface area contributed by atoms with Crippen LogP contribution < -0.4 is 0 Å². The van der Waals surface area contributed by atoms with E-state index < -0.39 is 54.0 Å². The lowest BCUT2D eigenvalue weighted by Crippen LogP contribution is -2.55. The number of allylic oxidation sites excluding steroid dienone is 6. The largest absolute Gasteiger partial charge is 0.459 e. The van der Waals surface area contributed by atoms with Gasteiger partial charge in [0.25, 0.3) is 0 Å². The molecule has 51 heavy (non-hydrogen) atoms. The van der Waals surface area contributed by atoms with Crippen LogP contribution in [0, 0.1) is 17.3 Å². The summed E-state index contributed by atoms with van der Waals surface area (Å²) >= 11 is 0. The highest BCUT2D eigenvalue weighted by atomic mass is 16.6. The lowest BCUT2D eigenvalue weighted by atomic mass is 9.73. The summed E-state index contributed by atoms with van der Waals surface area (Å²) in [6, 6.07) is 0. The molecule has 2 saturated heterocycles. The Balaban J connectivity index is 1.71. The van der Waals surface area contributed by atoms with E-state index in [1.807, 2.05) is 65.0 Å². The highest BCUT2D eigenvalue weighted by molar-refractivity contribution is 5.82. The third kappa shape index (κ3) is 13.4. The van der Waals surface area contributed by atoms with E-state index in [9.17, 15) is 30.0 Å². The summed E-state index contributed by atoms with van der Waals surface area (Å²) in [7, 11) is 0. The molecule has 4 N–H and O–H groups in total. The highest BCUT2D eigenvalue weighted by Gasteiger charge is 2.49. The van der Waals surface area contributed by atoms with Crippen LogP contribution >= 0.6 is 0 Å². The standard InChI is InChI=1S/C41H60O10/c1-27(2)21-34(44)29(4)25-48-40(47)33(43)18-13-14-19-37-41(6,26-42)38-24-32(50-37)17-10-7-9-15-28(3)22-36-30(5)35(45)23-31(49-36)16-11-8-12-20-39(46)51-38/h8-15,17,20,22,27,30-38,42-45H,4,7,16,18-19,21,23-26H2,1-3,5-6H3/b11-8+,14-13-,15-9+,17-10+,20-12+,28-22-/t30-,31?,32+,33-,34?,35-,36+,37-,38+,41-/m0/s1. The smallest absolute Gasteiger partial charge is 0.335 e. The predicted octanol–water partition coefficient (Wildman–Crippen LogP) is 5.38. The van der Waals surface area contributed by atoms with Crippen LogP contribution in [0.4, 0.5) is 0 Å². The fraction of sp³-hybridized carbons (Fsp3) is 0.610. The Hall–Kier alpha value is -3.12. The summed E-state index contributed by atoms with van der Waals surface area (Å²) < 4.78 is 23.8. The summed E-state index contributed by atoms with van der Waals surface area (Å²) in [6.45, 7) is 13.1. The van der Waals surface area contributed by atoms with Crippen LogP contribution in [0.3, 0.4) is 0 Å². The molecule has 0 aromatic heterocycles. The van der Waals surface area contributed by atoms with E-state index in [2.05, 4.69) is 12.7 Å². The summed E-state index contributed by atoms with van der Waals surface area (Å²) in [5.74, 6) is -1.13. The van der Waals surface area contributed by atoms with E-state index in [1.54, 1.807) is 24.3 Å². The van der Waals surface area contributed by atoms with Crippen LogP contribution in [0.1, 0.15) is 79.6 Å². The highest BCUT2D eigenvalue weighted by Crippen LogP contribution is 2.41. The first-order valence-corrected chi connectivity index (χ1v) is 18.2. The van der Waals surface area contributed by atoms with Gasteiger partial charge in [0, 0.05) is 31.3 Å². The maximum Gasteiger partial charge on any atom is 0.335 e. The maximum atomic E-state index is 13.0. The number of ether oxygens (including phenoxy) is 4. The minimum Gasteiger partial charge on any atom is -0.459 e. The maximum absolute atomic E-state index is 13.0. The molecule has 3 aliphatic rings. The number of aliphatic hydroxyl groups is 4. The number of esters is 2. The first-order valence-electron chi connectivity index (χ1n) is 18.2. The van der Waals surface area contributed by atoms with Crippen LogP contribution in [-0.4, -0.2) is 94.4 Å². The third-order valence-electron chi connectivity index (χ3n) is 9.86. The quantitative estimate of drug-likeness (QED) is 0.162. The van der Waals surface area contributed by atoms with Crippen molar-refractivity contribution >= 4 is 11.9 Å². The lowest BCUT2D eigenvalue weighted by molar-refractivity contribution is -0.198. The molecule has 3 rings (SSSR count). The molecule has 0 aromatic rings. The van der Waals surface area contributed by atoms with Gasteiger partial charge >= 0.3 is 11.9 Å². The lowest BCUT2D eigenvalue weighted by Gasteiger charge is -2.47. The van der Waals surface area contributed by atoms with E-state index in [-0.39, 0.29) is 43.7 Å². The van der Waals surface area contributed by atoms with Crippen molar-refractivity contribution in [2.45, 2.75) is 128 Å². The normalized spacial score (nSPS) is 35.5. The van der Waals surface area contributed by atoms with Crippen molar-refractivity contribution in [2.24, 2.45) is 17.3 Å². The Morgan fingerprint density at radius 1 is 1.10 bits per heavy atom. The van der Waals surface area contributed by atoms with Gasteiger partial charge in [-0.1, -0.05) is 101 Å². The Bertz CT molecular complexity index is 1330. The van der Waals surface area contributed by atoms with E-state index in [0.29, 0.717) is 44.1 Å². The van der Waals surface area contributed by atoms with Crippen molar-refractivity contribution in [3.8, 4) is 0 Å². The summed E-state index contributed by atoms with van der Waals surface area (Å²) in [4.78, 5) is 25.3. The van der Waals surface area contributed by atoms with E-state index in [4.69, 9.17) is 18.9 Å². The SMILES string of the molecule is C=C(COC(=O)[C@@H](O)C/C=C\C[C@@H]1O[C@@H]2/C=C/C/C=C/C(C)=C\[C@H]3OC(C/C=C/C=C/C(=O)O[C@H](C2)[C@@]1(C)CO)C[C@H](O)[C@@H]3C)C(O)CC(C)C. The van der Waals surface area contributed by atoms with Crippen LogP contribution in [0.15, 0.2) is 84.6 Å². The number of carbonyl (C=O) groups is 2. The molecule has 0 radical (unpaired) electrons. The minimum absolute atomic E-state index is 0.00418. The number of hydrogen-bond acceptors (Lipinski definition) is 10. The fourth-order valence-corrected chi connectivity index (χ4v) is 6.40. The van der Waals surface area contributed by atoms with Gasteiger partial charge < -0.3 is 39.4 Å². The Morgan fingerprint density at radius 3 is 2.59 bits per heavy atom. The van der Waals surface area contributed by atoms with Gasteiger partial charge in [0.05, 0.1) is 48.6 Å². The zero-order valence-corrected chi connectivity index (χ0v) is 30.9. The molecule has 10 nitrogen and oxygen atoms in total. The number of aliphatic hydroxyl groups excluding tert-OH is 4. The van der Waals surface area contributed by atoms with Gasteiger partial charge in [0.2, 0.25) is 0 Å². The predicted molar refractivity (Wildman–Crippen MR) is 196 cm³/mol. The third-order valence-corrected chi connectivity index (χ3v) is 9.86. The second-order valence-corrected chi connectivity index (χ2v) is 14.7. The van der Waals surface area contributed by atoms with Crippen LogP contribution in [-0.2, 0) is 28.5 Å². The van der Waals surface area contributed by atoms with Crippen LogP contribution in [0.2, 0.25) is 0 Å².